The van der Waals surface area contributed by atoms with Crippen LogP contribution in [-0.4, -0.2) is 38.9 Å². The summed E-state index contributed by atoms with van der Waals surface area (Å²) in [5.74, 6) is 0.100. The lowest BCUT2D eigenvalue weighted by molar-refractivity contribution is -0.384. The second-order valence-corrected chi connectivity index (χ2v) is 8.30. The second kappa shape index (κ2) is 9.68. The Hall–Kier alpha value is -2.69. The molecule has 0 aliphatic carbocycles. The van der Waals surface area contributed by atoms with E-state index in [1.165, 1.54) is 0 Å². The SMILES string of the molecule is Cc1cc(OCC(=O)NCCNS(=O)(=O)c2ccc([N+](=O)[O-])cc2)cc(C)c1Cl. The number of hydrogen-bond donors (Lipinski definition) is 2. The van der Waals surface area contributed by atoms with Gasteiger partial charge in [0.15, 0.2) is 6.61 Å². The Kier molecular flexibility index (Phi) is 7.54. The van der Waals surface area contributed by atoms with Gasteiger partial charge in [-0.05, 0) is 49.2 Å². The number of nitrogens with zero attached hydrogens (tertiary/aromatic N) is 1. The molecule has 2 aromatic carbocycles. The van der Waals surface area contributed by atoms with Crippen molar-refractivity contribution < 1.29 is 22.9 Å². The molecule has 0 bridgehead atoms. The lowest BCUT2D eigenvalue weighted by Crippen LogP contribution is -2.36. The van der Waals surface area contributed by atoms with E-state index in [4.69, 9.17) is 16.3 Å². The van der Waals surface area contributed by atoms with E-state index in [1.54, 1.807) is 12.1 Å². The minimum Gasteiger partial charge on any atom is -0.484 e. The van der Waals surface area contributed by atoms with Crippen molar-refractivity contribution in [3.8, 4) is 5.75 Å². The van der Waals surface area contributed by atoms with E-state index >= 15 is 0 Å². The van der Waals surface area contributed by atoms with Crippen molar-refractivity contribution in [3.05, 3.63) is 62.7 Å². The van der Waals surface area contributed by atoms with Crippen molar-refractivity contribution >= 4 is 33.2 Å². The molecule has 29 heavy (non-hydrogen) atoms. The van der Waals surface area contributed by atoms with Crippen LogP contribution in [0.1, 0.15) is 11.1 Å². The lowest BCUT2D eigenvalue weighted by atomic mass is 10.1. The fraction of sp³-hybridized carbons (Fsp3) is 0.278. The van der Waals surface area contributed by atoms with Crippen LogP contribution in [0.4, 0.5) is 5.69 Å². The molecule has 2 aromatic rings. The summed E-state index contributed by atoms with van der Waals surface area (Å²) in [6.07, 6.45) is 0. The van der Waals surface area contributed by atoms with E-state index in [0.717, 1.165) is 35.4 Å². The third kappa shape index (κ3) is 6.41. The van der Waals surface area contributed by atoms with Gasteiger partial charge in [0.2, 0.25) is 10.0 Å². The zero-order valence-electron chi connectivity index (χ0n) is 15.8. The highest BCUT2D eigenvalue weighted by atomic mass is 35.5. The Morgan fingerprint density at radius 2 is 1.72 bits per heavy atom. The Labute approximate surface area is 173 Å². The molecule has 9 nitrogen and oxygen atoms in total. The highest BCUT2D eigenvalue weighted by molar-refractivity contribution is 7.89. The summed E-state index contributed by atoms with van der Waals surface area (Å²) < 4.78 is 32.0. The third-order valence-corrected chi connectivity index (χ3v) is 5.95. The molecule has 11 heteroatoms. The smallest absolute Gasteiger partial charge is 0.269 e. The molecule has 0 radical (unpaired) electrons. The largest absolute Gasteiger partial charge is 0.484 e. The Bertz CT molecular complexity index is 986. The molecule has 0 saturated heterocycles. The van der Waals surface area contributed by atoms with Gasteiger partial charge in [-0.2, -0.15) is 0 Å². The number of non-ortho nitro benzene ring substituents is 1. The number of ether oxygens (including phenoxy) is 1. The number of amides is 1. The standard InChI is InChI=1S/C18H20ClN3O6S/c1-12-9-15(10-13(2)18(12)19)28-11-17(23)20-7-8-21-29(26,27)16-5-3-14(4-6-16)22(24)25/h3-6,9-10,21H,7-8,11H2,1-2H3,(H,20,23). The first-order valence-electron chi connectivity index (χ1n) is 8.50. The highest BCUT2D eigenvalue weighted by Crippen LogP contribution is 2.25. The van der Waals surface area contributed by atoms with Crippen LogP contribution in [0.3, 0.4) is 0 Å². The molecule has 0 aromatic heterocycles. The topological polar surface area (TPSA) is 128 Å². The molecule has 2 N–H and O–H groups in total. The van der Waals surface area contributed by atoms with E-state index in [2.05, 4.69) is 10.0 Å². The van der Waals surface area contributed by atoms with Crippen LogP contribution in [0.5, 0.6) is 5.75 Å². The van der Waals surface area contributed by atoms with Gasteiger partial charge in [-0.25, -0.2) is 13.1 Å². The fourth-order valence-electron chi connectivity index (χ4n) is 2.41. The number of nitro groups is 1. The zero-order chi connectivity index (χ0) is 21.6. The maximum absolute atomic E-state index is 12.1. The molecule has 0 aliphatic heterocycles. The number of benzene rings is 2. The number of rotatable bonds is 9. The predicted octanol–water partition coefficient (Wildman–Crippen LogP) is 2.34. The van der Waals surface area contributed by atoms with Crippen LogP contribution in [0.25, 0.3) is 0 Å². The Morgan fingerprint density at radius 3 is 2.28 bits per heavy atom. The van der Waals surface area contributed by atoms with Gasteiger partial charge in [0.1, 0.15) is 5.75 Å². The van der Waals surface area contributed by atoms with Crippen LogP contribution in [0, 0.1) is 24.0 Å². The zero-order valence-corrected chi connectivity index (χ0v) is 17.3. The molecule has 1 amide bonds. The van der Waals surface area contributed by atoms with Crippen LogP contribution >= 0.6 is 11.6 Å². The number of nitrogens with one attached hydrogen (secondary N) is 2. The van der Waals surface area contributed by atoms with Crippen LogP contribution in [0.2, 0.25) is 5.02 Å². The molecule has 0 saturated carbocycles. The molecule has 0 spiro atoms. The summed E-state index contributed by atoms with van der Waals surface area (Å²) in [7, 11) is -3.84. The molecule has 156 valence electrons. The van der Waals surface area contributed by atoms with Gasteiger partial charge in [-0.3, -0.25) is 14.9 Å². The minimum absolute atomic E-state index is 0.0487. The number of carbonyl (C=O) groups is 1. The van der Waals surface area contributed by atoms with Gasteiger partial charge in [-0.1, -0.05) is 11.6 Å². The van der Waals surface area contributed by atoms with E-state index < -0.39 is 20.9 Å². The number of sulfonamides is 1. The number of halogens is 1. The second-order valence-electron chi connectivity index (χ2n) is 6.16. The maximum Gasteiger partial charge on any atom is 0.269 e. The quantitative estimate of drug-likeness (QED) is 0.349. The number of aryl methyl sites for hydroxylation is 2. The van der Waals surface area contributed by atoms with Gasteiger partial charge in [0.05, 0.1) is 9.82 Å². The summed E-state index contributed by atoms with van der Waals surface area (Å²) in [6, 6.07) is 7.94. The van der Waals surface area contributed by atoms with Crippen molar-refractivity contribution in [2.75, 3.05) is 19.7 Å². The van der Waals surface area contributed by atoms with E-state index in [0.29, 0.717) is 10.8 Å². The summed E-state index contributed by atoms with van der Waals surface area (Å²) in [5, 5.41) is 13.8. The van der Waals surface area contributed by atoms with Gasteiger partial charge < -0.3 is 10.1 Å². The molecular weight excluding hydrogens is 422 g/mol. The number of carbonyl (C=O) groups excluding carboxylic acids is 1. The Morgan fingerprint density at radius 1 is 1.14 bits per heavy atom. The lowest BCUT2D eigenvalue weighted by Gasteiger charge is -2.11. The van der Waals surface area contributed by atoms with E-state index in [9.17, 15) is 23.3 Å². The van der Waals surface area contributed by atoms with Crippen molar-refractivity contribution in [1.82, 2.24) is 10.0 Å². The predicted molar refractivity (Wildman–Crippen MR) is 108 cm³/mol. The fourth-order valence-corrected chi connectivity index (χ4v) is 3.55. The normalized spacial score (nSPS) is 11.1. The van der Waals surface area contributed by atoms with Crippen molar-refractivity contribution in [2.45, 2.75) is 18.7 Å². The number of hydrogen-bond acceptors (Lipinski definition) is 6. The summed E-state index contributed by atoms with van der Waals surface area (Å²) in [6.45, 7) is 3.44. The van der Waals surface area contributed by atoms with E-state index in [1.807, 2.05) is 13.8 Å². The molecule has 0 fully saturated rings. The average molecular weight is 442 g/mol. The van der Waals surface area contributed by atoms with Crippen molar-refractivity contribution in [2.24, 2.45) is 0 Å². The van der Waals surface area contributed by atoms with Crippen LogP contribution < -0.4 is 14.8 Å². The van der Waals surface area contributed by atoms with Crippen molar-refractivity contribution in [3.63, 3.8) is 0 Å². The first-order valence-corrected chi connectivity index (χ1v) is 10.4. The van der Waals surface area contributed by atoms with Gasteiger partial charge in [-0.15, -0.1) is 0 Å². The monoisotopic (exact) mass is 441 g/mol. The molecule has 2 rings (SSSR count). The van der Waals surface area contributed by atoms with Crippen LogP contribution in [-0.2, 0) is 14.8 Å². The molecule has 0 atom stereocenters. The van der Waals surface area contributed by atoms with Crippen LogP contribution in [0.15, 0.2) is 41.3 Å². The number of nitro benzene ring substituents is 1. The summed E-state index contributed by atoms with van der Waals surface area (Å²) in [4.78, 5) is 21.7. The highest BCUT2D eigenvalue weighted by Gasteiger charge is 2.15. The molecule has 0 aliphatic rings. The van der Waals surface area contributed by atoms with Gasteiger partial charge in [0.25, 0.3) is 11.6 Å². The molecule has 0 heterocycles. The van der Waals surface area contributed by atoms with Crippen molar-refractivity contribution in [1.29, 1.82) is 0 Å². The molecular formula is C18H20ClN3O6S. The summed E-state index contributed by atoms with van der Waals surface area (Å²) in [5.41, 5.74) is 1.47. The first-order chi connectivity index (χ1) is 13.6. The average Bonchev–Trinajstić information content (AvgIpc) is 2.67. The van der Waals surface area contributed by atoms with E-state index in [-0.39, 0.29) is 30.3 Å². The first kappa shape index (κ1) is 22.6. The summed E-state index contributed by atoms with van der Waals surface area (Å²) >= 11 is 6.08. The van der Waals surface area contributed by atoms with Gasteiger partial charge in [0, 0.05) is 30.2 Å². The minimum atomic E-state index is -3.84. The molecule has 0 unspecified atom stereocenters. The maximum atomic E-state index is 12.1. The third-order valence-electron chi connectivity index (χ3n) is 3.88. The Balaban J connectivity index is 1.77. The van der Waals surface area contributed by atoms with Gasteiger partial charge >= 0.3 is 0 Å².